The zero-order valence-corrected chi connectivity index (χ0v) is 18.5. The van der Waals surface area contributed by atoms with Crippen molar-refractivity contribution in [1.82, 2.24) is 15.4 Å². The monoisotopic (exact) mass is 443 g/mol. The van der Waals surface area contributed by atoms with Gasteiger partial charge in [-0.1, -0.05) is 5.16 Å². The Morgan fingerprint density at radius 3 is 2.78 bits per heavy atom. The van der Waals surface area contributed by atoms with Gasteiger partial charge in [0.15, 0.2) is 11.5 Å². The number of methoxy groups -OCH3 is 2. The van der Waals surface area contributed by atoms with E-state index in [1.807, 2.05) is 0 Å². The normalized spacial score (nSPS) is 20.8. The van der Waals surface area contributed by atoms with Gasteiger partial charge < -0.3 is 29.0 Å². The molecule has 1 aromatic carbocycles. The highest BCUT2D eigenvalue weighted by Crippen LogP contribution is 2.34. The molecule has 2 atom stereocenters. The number of amides is 2. The van der Waals surface area contributed by atoms with Gasteiger partial charge in [0.2, 0.25) is 5.91 Å². The molecule has 9 heteroatoms. The summed E-state index contributed by atoms with van der Waals surface area (Å²) in [4.78, 5) is 27.7. The second-order valence-electron chi connectivity index (χ2n) is 8.03. The smallest absolute Gasteiger partial charge is 0.276 e. The quantitative estimate of drug-likeness (QED) is 0.702. The van der Waals surface area contributed by atoms with Gasteiger partial charge in [0.25, 0.3) is 5.91 Å². The molecule has 4 rings (SSSR count). The summed E-state index contributed by atoms with van der Waals surface area (Å²) >= 11 is 0. The lowest BCUT2D eigenvalue weighted by molar-refractivity contribution is -0.127. The molecule has 0 aliphatic carbocycles. The minimum absolute atomic E-state index is 0.0580. The van der Waals surface area contributed by atoms with Crippen molar-refractivity contribution in [2.24, 2.45) is 0 Å². The van der Waals surface area contributed by atoms with E-state index in [0.717, 1.165) is 32.3 Å². The van der Waals surface area contributed by atoms with Gasteiger partial charge in [-0.25, -0.2) is 0 Å². The molecule has 2 fully saturated rings. The van der Waals surface area contributed by atoms with Gasteiger partial charge in [-0.3, -0.25) is 9.59 Å². The molecule has 9 nitrogen and oxygen atoms in total. The molecular weight excluding hydrogens is 414 g/mol. The first-order valence-corrected chi connectivity index (χ1v) is 11.0. The number of ether oxygens (including phenoxy) is 3. The first kappa shape index (κ1) is 22.1. The highest BCUT2D eigenvalue weighted by Gasteiger charge is 2.34. The molecule has 0 saturated carbocycles. The van der Waals surface area contributed by atoms with E-state index in [2.05, 4.69) is 10.5 Å². The van der Waals surface area contributed by atoms with Crippen LogP contribution in [0.15, 0.2) is 28.8 Å². The van der Waals surface area contributed by atoms with Crippen LogP contribution in [-0.4, -0.2) is 67.9 Å². The largest absolute Gasteiger partial charge is 0.497 e. The Labute approximate surface area is 187 Å². The second kappa shape index (κ2) is 10.0. The van der Waals surface area contributed by atoms with Crippen molar-refractivity contribution in [3.63, 3.8) is 0 Å². The summed E-state index contributed by atoms with van der Waals surface area (Å²) in [7, 11) is 3.13. The summed E-state index contributed by atoms with van der Waals surface area (Å²) in [6, 6.07) is 6.35. The molecule has 172 valence electrons. The Kier molecular flexibility index (Phi) is 6.94. The van der Waals surface area contributed by atoms with Crippen LogP contribution in [0.4, 0.5) is 0 Å². The van der Waals surface area contributed by atoms with E-state index >= 15 is 0 Å². The predicted octanol–water partition coefficient (Wildman–Crippen LogP) is 2.65. The molecule has 3 heterocycles. The summed E-state index contributed by atoms with van der Waals surface area (Å²) in [5.74, 6) is 1.13. The van der Waals surface area contributed by atoms with E-state index in [1.54, 1.807) is 43.4 Å². The Hall–Kier alpha value is -3.07. The lowest BCUT2D eigenvalue weighted by Gasteiger charge is -2.34. The van der Waals surface area contributed by atoms with Crippen LogP contribution in [0, 0.1) is 0 Å². The molecule has 1 N–H and O–H groups in total. The van der Waals surface area contributed by atoms with Crippen molar-refractivity contribution in [2.75, 3.05) is 33.9 Å². The number of carbonyl (C=O) groups is 2. The van der Waals surface area contributed by atoms with Gasteiger partial charge in [0.05, 0.1) is 25.9 Å². The zero-order valence-electron chi connectivity index (χ0n) is 18.5. The van der Waals surface area contributed by atoms with Crippen molar-refractivity contribution >= 4 is 11.8 Å². The summed E-state index contributed by atoms with van der Waals surface area (Å²) in [6.07, 6.45) is 4.38. The average molecular weight is 444 g/mol. The molecule has 2 amide bonds. The third kappa shape index (κ3) is 4.72. The highest BCUT2D eigenvalue weighted by molar-refractivity contribution is 5.97. The van der Waals surface area contributed by atoms with Crippen LogP contribution in [0.2, 0.25) is 0 Å². The molecule has 0 spiro atoms. The van der Waals surface area contributed by atoms with Crippen LogP contribution in [-0.2, 0) is 9.53 Å². The molecule has 2 aliphatic rings. The summed E-state index contributed by atoms with van der Waals surface area (Å²) in [6.45, 7) is 1.71. The number of likely N-dealkylation sites (tertiary alicyclic amines) is 1. The summed E-state index contributed by atoms with van der Waals surface area (Å²) < 4.78 is 21.7. The van der Waals surface area contributed by atoms with E-state index < -0.39 is 6.04 Å². The number of benzene rings is 1. The second-order valence-corrected chi connectivity index (χ2v) is 8.03. The van der Waals surface area contributed by atoms with Gasteiger partial charge >= 0.3 is 0 Å². The Morgan fingerprint density at radius 1 is 1.16 bits per heavy atom. The average Bonchev–Trinajstić information content (AvgIpc) is 3.54. The zero-order chi connectivity index (χ0) is 22.5. The molecule has 1 aromatic heterocycles. The van der Waals surface area contributed by atoms with Gasteiger partial charge in [-0.15, -0.1) is 0 Å². The third-order valence-corrected chi connectivity index (χ3v) is 6.00. The van der Waals surface area contributed by atoms with Crippen molar-refractivity contribution in [3.8, 4) is 22.8 Å². The molecule has 2 saturated heterocycles. The molecule has 0 radical (unpaired) electrons. The van der Waals surface area contributed by atoms with Gasteiger partial charge in [-0.2, -0.15) is 0 Å². The summed E-state index contributed by atoms with van der Waals surface area (Å²) in [5.41, 5.74) is 0.784. The summed E-state index contributed by atoms with van der Waals surface area (Å²) in [5, 5.41) is 6.94. The Balaban J connectivity index is 1.49. The number of aromatic nitrogens is 1. The third-order valence-electron chi connectivity index (χ3n) is 6.00. The molecule has 32 heavy (non-hydrogen) atoms. The fourth-order valence-electron chi connectivity index (χ4n) is 4.24. The van der Waals surface area contributed by atoms with Crippen LogP contribution >= 0.6 is 0 Å². The van der Waals surface area contributed by atoms with Crippen molar-refractivity contribution < 1.29 is 28.3 Å². The van der Waals surface area contributed by atoms with Gasteiger partial charge in [0, 0.05) is 25.8 Å². The lowest BCUT2D eigenvalue weighted by Crippen LogP contribution is -2.52. The van der Waals surface area contributed by atoms with Crippen molar-refractivity contribution in [3.05, 3.63) is 30.0 Å². The minimum Gasteiger partial charge on any atom is -0.497 e. The predicted molar refractivity (Wildman–Crippen MR) is 116 cm³/mol. The lowest BCUT2D eigenvalue weighted by atomic mass is 10.0. The van der Waals surface area contributed by atoms with E-state index in [0.29, 0.717) is 42.3 Å². The highest BCUT2D eigenvalue weighted by atomic mass is 16.5. The van der Waals surface area contributed by atoms with Crippen molar-refractivity contribution in [2.45, 2.75) is 44.2 Å². The van der Waals surface area contributed by atoms with Crippen LogP contribution in [0.3, 0.4) is 0 Å². The van der Waals surface area contributed by atoms with E-state index in [9.17, 15) is 9.59 Å². The number of hydrogen-bond acceptors (Lipinski definition) is 7. The fraction of sp³-hybridized carbons (Fsp3) is 0.522. The molecule has 0 unspecified atom stereocenters. The standard InChI is InChI=1S/C23H29N3O6/c1-29-15-8-9-20(30-2)17(12-15)21-13-18(25-32-21)23(28)26-10-4-3-7-19(26)22(27)24-14-16-6-5-11-31-16/h8-9,12-13,16,19H,3-7,10-11,14H2,1-2H3,(H,24,27)/t16-,19+/m0/s1. The van der Waals surface area contributed by atoms with Gasteiger partial charge in [-0.05, 0) is 50.3 Å². The number of hydrogen-bond donors (Lipinski definition) is 1. The van der Waals surface area contributed by atoms with Crippen LogP contribution < -0.4 is 14.8 Å². The van der Waals surface area contributed by atoms with E-state index in [-0.39, 0.29) is 23.6 Å². The fourth-order valence-corrected chi connectivity index (χ4v) is 4.24. The first-order chi connectivity index (χ1) is 15.6. The SMILES string of the molecule is COc1ccc(OC)c(-c2cc(C(=O)N3CCCC[C@@H]3C(=O)NC[C@@H]3CCCO3)no2)c1. The van der Waals surface area contributed by atoms with E-state index in [1.165, 1.54) is 0 Å². The Morgan fingerprint density at radius 2 is 2.03 bits per heavy atom. The number of rotatable bonds is 7. The Bertz CT molecular complexity index is 953. The van der Waals surface area contributed by atoms with Crippen LogP contribution in [0.25, 0.3) is 11.3 Å². The number of carbonyl (C=O) groups excluding carboxylic acids is 2. The first-order valence-electron chi connectivity index (χ1n) is 11.0. The van der Waals surface area contributed by atoms with E-state index in [4.69, 9.17) is 18.7 Å². The van der Waals surface area contributed by atoms with Crippen LogP contribution in [0.5, 0.6) is 11.5 Å². The van der Waals surface area contributed by atoms with Crippen molar-refractivity contribution in [1.29, 1.82) is 0 Å². The molecule has 0 bridgehead atoms. The minimum atomic E-state index is -0.524. The number of nitrogens with one attached hydrogen (secondary N) is 1. The number of nitrogens with zero attached hydrogens (tertiary/aromatic N) is 2. The molecule has 2 aliphatic heterocycles. The van der Waals surface area contributed by atoms with Crippen LogP contribution in [0.1, 0.15) is 42.6 Å². The molecular formula is C23H29N3O6. The maximum Gasteiger partial charge on any atom is 0.276 e. The molecule has 2 aromatic rings. The van der Waals surface area contributed by atoms with Gasteiger partial charge in [0.1, 0.15) is 17.5 Å². The maximum atomic E-state index is 13.2. The number of piperidine rings is 1. The maximum absolute atomic E-state index is 13.2. The topological polar surface area (TPSA) is 103 Å².